The summed E-state index contributed by atoms with van der Waals surface area (Å²) in [5, 5.41) is 9.17. The summed E-state index contributed by atoms with van der Waals surface area (Å²) in [4.78, 5) is 22.1. The zero-order valence-corrected chi connectivity index (χ0v) is 17.1. The van der Waals surface area contributed by atoms with Crippen LogP contribution in [-0.4, -0.2) is 42.8 Å². The lowest BCUT2D eigenvalue weighted by atomic mass is 10.2. The van der Waals surface area contributed by atoms with E-state index < -0.39 is 17.8 Å². The number of nitrogens with zero attached hydrogens (tertiary/aromatic N) is 6. The average Bonchev–Trinajstić information content (AvgIpc) is 3.46. The van der Waals surface area contributed by atoms with E-state index in [1.165, 1.54) is 24.3 Å². The molecule has 0 atom stereocenters. The van der Waals surface area contributed by atoms with Crippen molar-refractivity contribution in [3.05, 3.63) is 64.9 Å². The number of hydrogen-bond donors (Lipinski definition) is 0. The highest BCUT2D eigenvalue weighted by Gasteiger charge is 2.36. The number of rotatable bonds is 5. The Hall–Kier alpha value is -3.54. The standard InChI is InChI=1S/C19H15F3N6O2S/c1-11-6-16(19(20,21)22)28(25-11)18-24-15(10-31-18)17(29)27(2)9-13-7-14(26-30-13)12-4-3-5-23-8-12/h3-8,10H,9H2,1-2H3. The summed E-state index contributed by atoms with van der Waals surface area (Å²) in [6.07, 6.45) is -1.31. The van der Waals surface area contributed by atoms with Crippen molar-refractivity contribution < 1.29 is 22.5 Å². The summed E-state index contributed by atoms with van der Waals surface area (Å²) in [7, 11) is 1.53. The Morgan fingerprint density at radius 1 is 1.32 bits per heavy atom. The maximum absolute atomic E-state index is 13.2. The van der Waals surface area contributed by atoms with E-state index in [1.54, 1.807) is 24.5 Å². The molecule has 31 heavy (non-hydrogen) atoms. The summed E-state index contributed by atoms with van der Waals surface area (Å²) < 4.78 is 45.7. The molecule has 4 aromatic rings. The molecule has 4 heterocycles. The van der Waals surface area contributed by atoms with Gasteiger partial charge in [-0.1, -0.05) is 5.16 Å². The van der Waals surface area contributed by atoms with Crippen LogP contribution in [0.5, 0.6) is 0 Å². The fraction of sp³-hybridized carbons (Fsp3) is 0.211. The van der Waals surface area contributed by atoms with Gasteiger partial charge in [-0.25, -0.2) is 9.67 Å². The van der Waals surface area contributed by atoms with E-state index in [0.717, 1.165) is 23.0 Å². The predicted molar refractivity (Wildman–Crippen MR) is 105 cm³/mol. The number of alkyl halides is 3. The van der Waals surface area contributed by atoms with Gasteiger partial charge in [0.15, 0.2) is 11.5 Å². The first kappa shape index (κ1) is 20.7. The van der Waals surface area contributed by atoms with Gasteiger partial charge in [0.25, 0.3) is 5.91 Å². The summed E-state index contributed by atoms with van der Waals surface area (Å²) in [5.74, 6) is -0.0357. The van der Waals surface area contributed by atoms with Crippen LogP contribution < -0.4 is 0 Å². The van der Waals surface area contributed by atoms with Crippen molar-refractivity contribution in [2.45, 2.75) is 19.6 Å². The molecule has 0 N–H and O–H groups in total. The first-order valence-electron chi connectivity index (χ1n) is 8.93. The minimum atomic E-state index is -4.59. The minimum Gasteiger partial charge on any atom is -0.359 e. The molecule has 0 bridgehead atoms. The molecule has 0 saturated heterocycles. The quantitative estimate of drug-likeness (QED) is 0.459. The predicted octanol–water partition coefficient (Wildman–Crippen LogP) is 3.98. The van der Waals surface area contributed by atoms with Crippen molar-refractivity contribution >= 4 is 17.2 Å². The molecule has 0 unspecified atom stereocenters. The van der Waals surface area contributed by atoms with E-state index in [4.69, 9.17) is 4.52 Å². The zero-order chi connectivity index (χ0) is 22.2. The van der Waals surface area contributed by atoms with Gasteiger partial charge < -0.3 is 9.42 Å². The number of hydrogen-bond acceptors (Lipinski definition) is 7. The highest BCUT2D eigenvalue weighted by Crippen LogP contribution is 2.32. The van der Waals surface area contributed by atoms with Gasteiger partial charge in [0.2, 0.25) is 5.13 Å². The molecule has 0 aliphatic carbocycles. The first-order chi connectivity index (χ1) is 14.7. The maximum atomic E-state index is 13.2. The third-order valence-electron chi connectivity index (χ3n) is 4.27. The molecule has 4 rings (SSSR count). The Morgan fingerprint density at radius 3 is 2.84 bits per heavy atom. The molecular weight excluding hydrogens is 433 g/mol. The van der Waals surface area contributed by atoms with Crippen LogP contribution >= 0.6 is 11.3 Å². The molecule has 0 aliphatic rings. The largest absolute Gasteiger partial charge is 0.433 e. The van der Waals surface area contributed by atoms with E-state index in [-0.39, 0.29) is 23.1 Å². The van der Waals surface area contributed by atoms with Crippen LogP contribution in [-0.2, 0) is 12.7 Å². The Bertz CT molecular complexity index is 1210. The van der Waals surface area contributed by atoms with E-state index in [1.807, 2.05) is 6.07 Å². The molecule has 1 amide bonds. The molecule has 0 saturated carbocycles. The van der Waals surface area contributed by atoms with Crippen LogP contribution in [0, 0.1) is 6.92 Å². The van der Waals surface area contributed by atoms with Crippen molar-refractivity contribution in [2.75, 3.05) is 7.05 Å². The minimum absolute atomic E-state index is 0.00998. The molecule has 160 valence electrons. The van der Waals surface area contributed by atoms with Crippen molar-refractivity contribution in [1.82, 2.24) is 29.8 Å². The number of aryl methyl sites for hydroxylation is 1. The van der Waals surface area contributed by atoms with Crippen molar-refractivity contribution in [3.8, 4) is 16.4 Å². The Kier molecular flexibility index (Phi) is 5.31. The summed E-state index contributed by atoms with van der Waals surface area (Å²) >= 11 is 0.899. The zero-order valence-electron chi connectivity index (χ0n) is 16.3. The van der Waals surface area contributed by atoms with Gasteiger partial charge in [-0.15, -0.1) is 11.3 Å². The lowest BCUT2D eigenvalue weighted by Gasteiger charge is -2.13. The monoisotopic (exact) mass is 448 g/mol. The van der Waals surface area contributed by atoms with Gasteiger partial charge in [0.1, 0.15) is 11.4 Å². The second kappa shape index (κ2) is 7.95. The van der Waals surface area contributed by atoms with Crippen LogP contribution in [0.1, 0.15) is 27.6 Å². The van der Waals surface area contributed by atoms with Crippen molar-refractivity contribution in [1.29, 1.82) is 0 Å². The van der Waals surface area contributed by atoms with E-state index in [9.17, 15) is 18.0 Å². The van der Waals surface area contributed by atoms with Crippen molar-refractivity contribution in [2.24, 2.45) is 0 Å². The average molecular weight is 448 g/mol. The lowest BCUT2D eigenvalue weighted by molar-refractivity contribution is -0.142. The third kappa shape index (κ3) is 4.33. The highest BCUT2D eigenvalue weighted by molar-refractivity contribution is 7.12. The molecule has 8 nitrogen and oxygen atoms in total. The third-order valence-corrected chi connectivity index (χ3v) is 5.09. The van der Waals surface area contributed by atoms with Gasteiger partial charge >= 0.3 is 6.18 Å². The number of thiazole rings is 1. The molecule has 0 aromatic carbocycles. The van der Waals surface area contributed by atoms with Crippen LogP contribution in [0.2, 0.25) is 0 Å². The van der Waals surface area contributed by atoms with Crippen molar-refractivity contribution in [3.63, 3.8) is 0 Å². The second-order valence-corrected chi connectivity index (χ2v) is 7.51. The molecule has 0 spiro atoms. The van der Waals surface area contributed by atoms with E-state index >= 15 is 0 Å². The van der Waals surface area contributed by atoms with Gasteiger partial charge in [-0.05, 0) is 25.1 Å². The van der Waals surface area contributed by atoms with E-state index in [0.29, 0.717) is 16.1 Å². The fourth-order valence-electron chi connectivity index (χ4n) is 2.85. The smallest absolute Gasteiger partial charge is 0.359 e. The van der Waals surface area contributed by atoms with Crippen LogP contribution in [0.3, 0.4) is 0 Å². The number of carbonyl (C=O) groups is 1. The SMILES string of the molecule is Cc1cc(C(F)(F)F)n(-c2nc(C(=O)N(C)Cc3cc(-c4cccnc4)no3)cs2)n1. The maximum Gasteiger partial charge on any atom is 0.433 e. The van der Waals surface area contributed by atoms with Gasteiger partial charge in [-0.2, -0.15) is 18.3 Å². The Morgan fingerprint density at radius 2 is 2.13 bits per heavy atom. The molecule has 0 radical (unpaired) electrons. The fourth-order valence-corrected chi connectivity index (χ4v) is 3.61. The number of halogens is 3. The molecule has 0 aliphatic heterocycles. The topological polar surface area (TPSA) is 89.9 Å². The first-order valence-corrected chi connectivity index (χ1v) is 9.81. The number of amides is 1. The number of carbonyl (C=O) groups excluding carboxylic acids is 1. The summed E-state index contributed by atoms with van der Waals surface area (Å²) in [6.45, 7) is 1.56. The Balaban J connectivity index is 1.50. The van der Waals surface area contributed by atoms with Crippen LogP contribution in [0.25, 0.3) is 16.4 Å². The van der Waals surface area contributed by atoms with E-state index in [2.05, 4.69) is 20.2 Å². The molecule has 0 fully saturated rings. The Labute approximate surface area is 177 Å². The van der Waals surface area contributed by atoms with Gasteiger partial charge in [0, 0.05) is 36.5 Å². The normalized spacial score (nSPS) is 11.6. The van der Waals surface area contributed by atoms with Gasteiger partial charge in [0.05, 0.1) is 12.2 Å². The molecule has 12 heteroatoms. The summed E-state index contributed by atoms with van der Waals surface area (Å²) in [5.41, 5.74) is 0.605. The number of pyridine rings is 1. The number of aromatic nitrogens is 5. The second-order valence-electron chi connectivity index (χ2n) is 6.68. The lowest BCUT2D eigenvalue weighted by Crippen LogP contribution is -2.26. The summed E-state index contributed by atoms with van der Waals surface area (Å²) in [6, 6.07) is 6.21. The van der Waals surface area contributed by atoms with Crippen LogP contribution in [0.4, 0.5) is 13.2 Å². The van der Waals surface area contributed by atoms with Crippen LogP contribution in [0.15, 0.2) is 46.6 Å². The highest BCUT2D eigenvalue weighted by atomic mass is 32.1. The van der Waals surface area contributed by atoms with Gasteiger partial charge in [-0.3, -0.25) is 9.78 Å². The molecular formula is C19H15F3N6O2S. The molecule has 4 aromatic heterocycles.